The number of aliphatic hydroxyl groups is 1. The second-order valence-electron chi connectivity index (χ2n) is 2.79. The topological polar surface area (TPSA) is 87.7 Å². The Hall–Kier alpha value is -1.33. The van der Waals surface area contributed by atoms with Crippen LogP contribution in [0.1, 0.15) is 22.7 Å². The average molecular weight is 233 g/mol. The van der Waals surface area contributed by atoms with Gasteiger partial charge in [-0.05, 0) is 0 Å². The lowest BCUT2D eigenvalue weighted by atomic mass is 10.2. The molecule has 0 aromatic carbocycles. The molecule has 0 aliphatic heterocycles. The Morgan fingerprint density at radius 1 is 1.53 bits per heavy atom. The van der Waals surface area contributed by atoms with Crippen LogP contribution < -0.4 is 5.43 Å². The highest BCUT2D eigenvalue weighted by molar-refractivity contribution is 6.16. The quantitative estimate of drug-likeness (QED) is 0.588. The monoisotopic (exact) mass is 232 g/mol. The van der Waals surface area contributed by atoms with Crippen LogP contribution in [0.3, 0.4) is 0 Å². The van der Waals surface area contributed by atoms with E-state index in [1.54, 1.807) is 0 Å². The van der Waals surface area contributed by atoms with E-state index in [9.17, 15) is 14.7 Å². The van der Waals surface area contributed by atoms with E-state index in [-0.39, 0.29) is 24.7 Å². The zero-order valence-electron chi connectivity index (χ0n) is 7.70. The van der Waals surface area contributed by atoms with E-state index in [4.69, 9.17) is 21.1 Å². The molecule has 1 heterocycles. The lowest BCUT2D eigenvalue weighted by Crippen LogP contribution is -2.10. The summed E-state index contributed by atoms with van der Waals surface area (Å²) in [4.78, 5) is 22.4. The van der Waals surface area contributed by atoms with Crippen LogP contribution in [0.25, 0.3) is 0 Å². The molecule has 0 amide bonds. The van der Waals surface area contributed by atoms with Crippen LogP contribution >= 0.6 is 11.6 Å². The molecule has 0 aliphatic rings. The molecule has 0 atom stereocenters. The van der Waals surface area contributed by atoms with Crippen LogP contribution in [0.2, 0.25) is 0 Å². The number of aromatic hydroxyl groups is 1. The molecule has 0 fully saturated rings. The molecule has 5 nitrogen and oxygen atoms in total. The first-order chi connectivity index (χ1) is 7.10. The molecular formula is C9H9ClO5. The van der Waals surface area contributed by atoms with Crippen LogP contribution in [0.4, 0.5) is 0 Å². The van der Waals surface area contributed by atoms with Crippen molar-refractivity contribution >= 4 is 17.4 Å². The number of rotatable bonds is 4. The van der Waals surface area contributed by atoms with Gasteiger partial charge < -0.3 is 14.6 Å². The van der Waals surface area contributed by atoms with Crippen molar-refractivity contribution in [2.75, 3.05) is 6.61 Å². The van der Waals surface area contributed by atoms with Gasteiger partial charge in [-0.3, -0.25) is 9.59 Å². The van der Waals surface area contributed by atoms with Crippen LogP contribution in [0, 0.1) is 0 Å². The van der Waals surface area contributed by atoms with E-state index in [0.717, 1.165) is 6.07 Å². The number of aliphatic hydroxyl groups excluding tert-OH is 1. The van der Waals surface area contributed by atoms with Crippen LogP contribution in [-0.4, -0.2) is 22.6 Å². The first-order valence-electron chi connectivity index (χ1n) is 4.16. The van der Waals surface area contributed by atoms with Crippen LogP contribution in [-0.2, 0) is 5.88 Å². The summed E-state index contributed by atoms with van der Waals surface area (Å²) in [5.41, 5.74) is -0.724. The lowest BCUT2D eigenvalue weighted by molar-refractivity contribution is 0.0920. The number of ketones is 1. The SMILES string of the molecule is O=C(CCO)c1oc(CCl)cc(=O)c1O. The van der Waals surface area contributed by atoms with Gasteiger partial charge in [-0.1, -0.05) is 0 Å². The van der Waals surface area contributed by atoms with Gasteiger partial charge in [0.25, 0.3) is 0 Å². The Kier molecular flexibility index (Phi) is 3.88. The summed E-state index contributed by atoms with van der Waals surface area (Å²) < 4.78 is 4.91. The zero-order chi connectivity index (χ0) is 11.4. The van der Waals surface area contributed by atoms with Gasteiger partial charge in [0.2, 0.25) is 22.7 Å². The lowest BCUT2D eigenvalue weighted by Gasteiger charge is -2.02. The van der Waals surface area contributed by atoms with Crippen molar-refractivity contribution in [3.05, 3.63) is 27.8 Å². The van der Waals surface area contributed by atoms with Gasteiger partial charge in [-0.15, -0.1) is 11.6 Å². The van der Waals surface area contributed by atoms with Crippen molar-refractivity contribution in [2.45, 2.75) is 12.3 Å². The number of alkyl halides is 1. The Balaban J connectivity index is 3.21. The third-order valence-electron chi connectivity index (χ3n) is 1.70. The molecule has 1 rings (SSSR count). The first-order valence-corrected chi connectivity index (χ1v) is 4.69. The summed E-state index contributed by atoms with van der Waals surface area (Å²) in [5, 5.41) is 17.8. The van der Waals surface area contributed by atoms with Gasteiger partial charge in [-0.25, -0.2) is 0 Å². The van der Waals surface area contributed by atoms with Crippen molar-refractivity contribution in [2.24, 2.45) is 0 Å². The van der Waals surface area contributed by atoms with Crippen LogP contribution in [0.15, 0.2) is 15.3 Å². The predicted octanol–water partition coefficient (Wildman–Crippen LogP) is 0.649. The number of Topliss-reactive ketones (excluding diaryl/α,β-unsaturated/α-hetero) is 1. The Morgan fingerprint density at radius 3 is 2.73 bits per heavy atom. The molecule has 2 N–H and O–H groups in total. The summed E-state index contributed by atoms with van der Waals surface area (Å²) in [7, 11) is 0. The molecule has 0 spiro atoms. The molecule has 6 heteroatoms. The molecule has 0 radical (unpaired) electrons. The summed E-state index contributed by atoms with van der Waals surface area (Å²) >= 11 is 5.43. The van der Waals surface area contributed by atoms with Crippen molar-refractivity contribution in [1.29, 1.82) is 0 Å². The molecule has 0 aliphatic carbocycles. The van der Waals surface area contributed by atoms with E-state index in [0.29, 0.717) is 0 Å². The van der Waals surface area contributed by atoms with Crippen molar-refractivity contribution < 1.29 is 19.4 Å². The van der Waals surface area contributed by atoms with Gasteiger partial charge in [0, 0.05) is 12.5 Å². The zero-order valence-corrected chi connectivity index (χ0v) is 8.45. The number of hydrogen-bond donors (Lipinski definition) is 2. The number of hydrogen-bond acceptors (Lipinski definition) is 5. The Bertz CT molecular complexity index is 423. The molecule has 0 saturated heterocycles. The molecule has 0 bridgehead atoms. The van der Waals surface area contributed by atoms with Crippen LogP contribution in [0.5, 0.6) is 5.75 Å². The van der Waals surface area contributed by atoms with Gasteiger partial charge in [0.05, 0.1) is 12.5 Å². The van der Waals surface area contributed by atoms with Gasteiger partial charge >= 0.3 is 0 Å². The summed E-state index contributed by atoms with van der Waals surface area (Å²) in [6.07, 6.45) is -0.220. The van der Waals surface area contributed by atoms with Gasteiger partial charge in [0.15, 0.2) is 0 Å². The fraction of sp³-hybridized carbons (Fsp3) is 0.333. The van der Waals surface area contributed by atoms with E-state index < -0.39 is 22.7 Å². The fourth-order valence-corrected chi connectivity index (χ4v) is 1.14. The highest BCUT2D eigenvalue weighted by Crippen LogP contribution is 2.16. The van der Waals surface area contributed by atoms with E-state index in [1.807, 2.05) is 0 Å². The van der Waals surface area contributed by atoms with Gasteiger partial charge in [0.1, 0.15) is 5.76 Å². The Labute approximate surface area is 89.9 Å². The van der Waals surface area contributed by atoms with Crippen molar-refractivity contribution in [3.8, 4) is 5.75 Å². The summed E-state index contributed by atoms with van der Waals surface area (Å²) in [6, 6.07) is 1.01. The number of carbonyl (C=O) groups is 1. The maximum atomic E-state index is 11.3. The molecular weight excluding hydrogens is 224 g/mol. The molecule has 1 aromatic rings. The van der Waals surface area contributed by atoms with E-state index >= 15 is 0 Å². The summed E-state index contributed by atoms with van der Waals surface area (Å²) in [6.45, 7) is -0.382. The first kappa shape index (κ1) is 11.7. The minimum Gasteiger partial charge on any atom is -0.501 e. The van der Waals surface area contributed by atoms with Crippen molar-refractivity contribution in [3.63, 3.8) is 0 Å². The highest BCUT2D eigenvalue weighted by atomic mass is 35.5. The average Bonchev–Trinajstić information content (AvgIpc) is 2.22. The number of carbonyl (C=O) groups excluding carboxylic acids is 1. The maximum absolute atomic E-state index is 11.3. The molecule has 1 aromatic heterocycles. The van der Waals surface area contributed by atoms with E-state index in [1.165, 1.54) is 0 Å². The molecule has 15 heavy (non-hydrogen) atoms. The second kappa shape index (κ2) is 4.95. The summed E-state index contributed by atoms with van der Waals surface area (Å²) in [5.74, 6) is -1.82. The predicted molar refractivity (Wildman–Crippen MR) is 52.2 cm³/mol. The highest BCUT2D eigenvalue weighted by Gasteiger charge is 2.17. The largest absolute Gasteiger partial charge is 0.501 e. The number of halogens is 1. The molecule has 0 unspecified atom stereocenters. The minimum absolute atomic E-state index is 0.0745. The third-order valence-corrected chi connectivity index (χ3v) is 1.96. The smallest absolute Gasteiger partial charge is 0.227 e. The molecule has 82 valence electrons. The maximum Gasteiger partial charge on any atom is 0.227 e. The Morgan fingerprint density at radius 2 is 2.20 bits per heavy atom. The standard InChI is InChI=1S/C9H9ClO5/c10-4-5-3-7(13)8(14)9(15-5)6(12)1-2-11/h3,11,14H,1-2,4H2. The molecule has 0 saturated carbocycles. The fourth-order valence-electron chi connectivity index (χ4n) is 1.01. The normalized spacial score (nSPS) is 10.3. The van der Waals surface area contributed by atoms with E-state index in [2.05, 4.69) is 0 Å². The van der Waals surface area contributed by atoms with Gasteiger partial charge in [-0.2, -0.15) is 0 Å². The third kappa shape index (κ3) is 2.57. The second-order valence-corrected chi connectivity index (χ2v) is 3.05. The van der Waals surface area contributed by atoms with Crippen molar-refractivity contribution in [1.82, 2.24) is 0 Å². The minimum atomic E-state index is -0.748.